The Morgan fingerprint density at radius 1 is 1.20 bits per heavy atom. The lowest BCUT2D eigenvalue weighted by Gasteiger charge is -2.24. The highest BCUT2D eigenvalue weighted by Gasteiger charge is 2.51. The highest BCUT2D eigenvalue weighted by molar-refractivity contribution is 5.95. The first-order chi connectivity index (χ1) is 12.2. The van der Waals surface area contributed by atoms with Crippen molar-refractivity contribution < 1.29 is 19.4 Å². The fourth-order valence-corrected chi connectivity index (χ4v) is 3.71. The van der Waals surface area contributed by atoms with Crippen molar-refractivity contribution in [1.82, 2.24) is 4.90 Å². The highest BCUT2D eigenvalue weighted by atomic mass is 16.5. The van der Waals surface area contributed by atoms with Gasteiger partial charge in [-0.2, -0.15) is 0 Å². The Bertz CT molecular complexity index is 763. The highest BCUT2D eigenvalue weighted by Crippen LogP contribution is 2.41. The maximum Gasteiger partial charge on any atom is 0.254 e. The summed E-state index contributed by atoms with van der Waals surface area (Å²) in [5.74, 6) is 1.56. The molecule has 5 nitrogen and oxygen atoms in total. The SMILES string of the molecule is O=C(c1cccc(Oc2ccccc2)c1)N1C[C@H]2COC[C@@]2(CO)C1. The van der Waals surface area contributed by atoms with Gasteiger partial charge in [-0.1, -0.05) is 24.3 Å². The molecule has 4 rings (SSSR count). The molecule has 2 aromatic rings. The molecule has 2 saturated heterocycles. The molecule has 0 aliphatic carbocycles. The first-order valence-corrected chi connectivity index (χ1v) is 8.51. The molecule has 1 amide bonds. The van der Waals surface area contributed by atoms with Gasteiger partial charge in [-0.3, -0.25) is 4.79 Å². The third-order valence-electron chi connectivity index (χ3n) is 5.18. The van der Waals surface area contributed by atoms with E-state index < -0.39 is 0 Å². The van der Waals surface area contributed by atoms with Crippen molar-refractivity contribution in [2.24, 2.45) is 11.3 Å². The number of likely N-dealkylation sites (tertiary alicyclic amines) is 1. The normalized spacial score (nSPS) is 25.0. The van der Waals surface area contributed by atoms with Crippen LogP contribution in [0, 0.1) is 11.3 Å². The minimum Gasteiger partial charge on any atom is -0.457 e. The molecular formula is C20H21NO4. The first-order valence-electron chi connectivity index (χ1n) is 8.51. The summed E-state index contributed by atoms with van der Waals surface area (Å²) in [4.78, 5) is 14.7. The summed E-state index contributed by atoms with van der Waals surface area (Å²) in [6, 6.07) is 16.7. The van der Waals surface area contributed by atoms with Crippen LogP contribution < -0.4 is 4.74 Å². The lowest BCUT2D eigenvalue weighted by atomic mass is 9.82. The van der Waals surface area contributed by atoms with Crippen LogP contribution in [0.25, 0.3) is 0 Å². The van der Waals surface area contributed by atoms with Crippen molar-refractivity contribution in [3.63, 3.8) is 0 Å². The van der Waals surface area contributed by atoms with Crippen molar-refractivity contribution >= 4 is 5.91 Å². The van der Waals surface area contributed by atoms with Crippen LogP contribution in [-0.4, -0.2) is 48.8 Å². The number of fused-ring (bicyclic) bond motifs is 1. The predicted octanol–water partition coefficient (Wildman–Crippen LogP) is 2.56. The molecule has 0 bridgehead atoms. The van der Waals surface area contributed by atoms with Crippen LogP contribution in [0.2, 0.25) is 0 Å². The molecule has 0 spiro atoms. The second-order valence-corrected chi connectivity index (χ2v) is 6.86. The van der Waals surface area contributed by atoms with Crippen LogP contribution in [0.4, 0.5) is 0 Å². The number of amides is 1. The van der Waals surface area contributed by atoms with Crippen molar-refractivity contribution in [3.8, 4) is 11.5 Å². The molecule has 2 heterocycles. The summed E-state index contributed by atoms with van der Waals surface area (Å²) in [6.45, 7) is 2.36. The molecule has 1 N–H and O–H groups in total. The van der Waals surface area contributed by atoms with E-state index in [9.17, 15) is 9.90 Å². The Morgan fingerprint density at radius 2 is 2.00 bits per heavy atom. The maximum absolute atomic E-state index is 12.9. The number of carbonyl (C=O) groups is 1. The van der Waals surface area contributed by atoms with Gasteiger partial charge in [0.25, 0.3) is 5.91 Å². The van der Waals surface area contributed by atoms with Gasteiger partial charge in [0.1, 0.15) is 11.5 Å². The number of rotatable bonds is 4. The van der Waals surface area contributed by atoms with Gasteiger partial charge >= 0.3 is 0 Å². The summed E-state index contributed by atoms with van der Waals surface area (Å²) >= 11 is 0. The molecule has 2 atom stereocenters. The number of benzene rings is 2. The average molecular weight is 339 g/mol. The number of ether oxygens (including phenoxy) is 2. The second kappa shape index (κ2) is 6.50. The summed E-state index contributed by atoms with van der Waals surface area (Å²) in [7, 11) is 0. The summed E-state index contributed by atoms with van der Waals surface area (Å²) < 4.78 is 11.3. The van der Waals surface area contributed by atoms with Gasteiger partial charge in [-0.05, 0) is 30.3 Å². The topological polar surface area (TPSA) is 59.0 Å². The van der Waals surface area contributed by atoms with Crippen molar-refractivity contribution in [3.05, 3.63) is 60.2 Å². The zero-order chi connectivity index (χ0) is 17.3. The number of aliphatic hydroxyl groups excluding tert-OH is 1. The Hall–Kier alpha value is -2.37. The molecule has 0 aromatic heterocycles. The average Bonchev–Trinajstić information content (AvgIpc) is 3.20. The lowest BCUT2D eigenvalue weighted by molar-refractivity contribution is 0.0630. The standard InChI is InChI=1S/C20H21NO4/c22-13-20-12-21(10-16(20)11-24-14-20)19(23)15-5-4-8-18(9-15)25-17-6-2-1-3-7-17/h1-9,16,22H,10-14H2/t16-,20-/m0/s1. The van der Waals surface area contributed by atoms with Crippen LogP contribution in [-0.2, 0) is 4.74 Å². The zero-order valence-corrected chi connectivity index (χ0v) is 13.9. The minimum absolute atomic E-state index is 0.0271. The fourth-order valence-electron chi connectivity index (χ4n) is 3.71. The number of nitrogens with zero attached hydrogens (tertiary/aromatic N) is 1. The Labute approximate surface area is 146 Å². The Morgan fingerprint density at radius 3 is 2.76 bits per heavy atom. The first kappa shape index (κ1) is 16.1. The molecule has 5 heteroatoms. The van der Waals surface area contributed by atoms with Gasteiger partial charge < -0.3 is 19.5 Å². The molecule has 0 unspecified atom stereocenters. The van der Waals surface area contributed by atoms with Crippen molar-refractivity contribution in [1.29, 1.82) is 0 Å². The molecule has 130 valence electrons. The van der Waals surface area contributed by atoms with Crippen LogP contribution in [0.1, 0.15) is 10.4 Å². The van der Waals surface area contributed by atoms with E-state index in [0.29, 0.717) is 37.6 Å². The monoisotopic (exact) mass is 339 g/mol. The minimum atomic E-state index is -0.298. The van der Waals surface area contributed by atoms with Gasteiger partial charge in [0.2, 0.25) is 0 Å². The maximum atomic E-state index is 12.9. The smallest absolute Gasteiger partial charge is 0.254 e. The van der Waals surface area contributed by atoms with Gasteiger partial charge in [-0.25, -0.2) is 0 Å². The number of hydrogen-bond donors (Lipinski definition) is 1. The van der Waals surface area contributed by atoms with Gasteiger partial charge in [0, 0.05) is 30.0 Å². The van der Waals surface area contributed by atoms with E-state index in [0.717, 1.165) is 5.75 Å². The number of carbonyl (C=O) groups excluding carboxylic acids is 1. The van der Waals surface area contributed by atoms with Crippen LogP contribution in [0.5, 0.6) is 11.5 Å². The third-order valence-corrected chi connectivity index (χ3v) is 5.18. The molecule has 2 fully saturated rings. The van der Waals surface area contributed by atoms with Gasteiger partial charge in [-0.15, -0.1) is 0 Å². The predicted molar refractivity (Wildman–Crippen MR) is 92.7 cm³/mol. The molecule has 2 aromatic carbocycles. The Balaban J connectivity index is 1.50. The van der Waals surface area contributed by atoms with Crippen LogP contribution in [0.3, 0.4) is 0 Å². The van der Waals surface area contributed by atoms with E-state index in [1.165, 1.54) is 0 Å². The van der Waals surface area contributed by atoms with Gasteiger partial charge in [0.15, 0.2) is 0 Å². The Kier molecular flexibility index (Phi) is 4.19. The van der Waals surface area contributed by atoms with E-state index in [4.69, 9.17) is 9.47 Å². The van der Waals surface area contributed by atoms with E-state index in [1.54, 1.807) is 12.1 Å². The molecular weight excluding hydrogens is 318 g/mol. The summed E-state index contributed by atoms with van der Waals surface area (Å²) in [5.41, 5.74) is 0.302. The van der Waals surface area contributed by atoms with Crippen LogP contribution in [0.15, 0.2) is 54.6 Å². The molecule has 0 radical (unpaired) electrons. The fraction of sp³-hybridized carbons (Fsp3) is 0.350. The van der Waals surface area contributed by atoms with E-state index in [-0.39, 0.29) is 23.8 Å². The molecule has 2 aliphatic rings. The van der Waals surface area contributed by atoms with Crippen LogP contribution >= 0.6 is 0 Å². The van der Waals surface area contributed by atoms with E-state index in [2.05, 4.69) is 0 Å². The molecule has 2 aliphatic heterocycles. The van der Waals surface area contributed by atoms with E-state index in [1.807, 2.05) is 47.4 Å². The number of hydrogen-bond acceptors (Lipinski definition) is 4. The van der Waals surface area contributed by atoms with E-state index >= 15 is 0 Å². The largest absolute Gasteiger partial charge is 0.457 e. The van der Waals surface area contributed by atoms with Crippen molar-refractivity contribution in [2.75, 3.05) is 32.9 Å². The molecule has 0 saturated carbocycles. The van der Waals surface area contributed by atoms with Gasteiger partial charge in [0.05, 0.1) is 19.8 Å². The zero-order valence-electron chi connectivity index (χ0n) is 13.9. The number of aliphatic hydroxyl groups is 1. The molecule has 25 heavy (non-hydrogen) atoms. The second-order valence-electron chi connectivity index (χ2n) is 6.86. The summed E-state index contributed by atoms with van der Waals surface area (Å²) in [6.07, 6.45) is 0. The lowest BCUT2D eigenvalue weighted by Crippen LogP contribution is -2.36. The number of para-hydroxylation sites is 1. The van der Waals surface area contributed by atoms with Crippen molar-refractivity contribution in [2.45, 2.75) is 0 Å². The quantitative estimate of drug-likeness (QED) is 0.930. The summed E-state index contributed by atoms with van der Waals surface area (Å²) in [5, 5.41) is 9.77. The third kappa shape index (κ3) is 3.01.